The van der Waals surface area contributed by atoms with Gasteiger partial charge in [0.25, 0.3) is 0 Å². The van der Waals surface area contributed by atoms with Gasteiger partial charge in [-0.25, -0.2) is 4.79 Å². The number of carbonyl (C=O) groups is 1. The molecular formula is C13H26N2O2. The lowest BCUT2D eigenvalue weighted by Gasteiger charge is -2.39. The summed E-state index contributed by atoms with van der Waals surface area (Å²) in [6.07, 6.45) is 0.792. The molecule has 100 valence electrons. The first kappa shape index (κ1) is 14.3. The summed E-state index contributed by atoms with van der Waals surface area (Å²) >= 11 is 0. The molecule has 3 unspecified atom stereocenters. The van der Waals surface area contributed by atoms with E-state index in [1.54, 1.807) is 4.90 Å². The molecule has 3 atom stereocenters. The Balaban J connectivity index is 2.59. The van der Waals surface area contributed by atoms with E-state index < -0.39 is 5.60 Å². The van der Waals surface area contributed by atoms with Gasteiger partial charge >= 0.3 is 6.09 Å². The first-order valence-electron chi connectivity index (χ1n) is 6.44. The van der Waals surface area contributed by atoms with Crippen LogP contribution < -0.4 is 5.73 Å². The zero-order chi connectivity index (χ0) is 13.2. The molecule has 2 N–H and O–H groups in total. The normalized spacial score (nSPS) is 27.8. The van der Waals surface area contributed by atoms with Crippen LogP contribution in [0.25, 0.3) is 0 Å². The lowest BCUT2D eigenvalue weighted by Crippen LogP contribution is -2.49. The molecule has 1 heterocycles. The van der Waals surface area contributed by atoms with Gasteiger partial charge in [0.05, 0.1) is 0 Å². The molecule has 17 heavy (non-hydrogen) atoms. The highest BCUT2D eigenvalue weighted by atomic mass is 16.6. The van der Waals surface area contributed by atoms with Gasteiger partial charge in [0.2, 0.25) is 0 Å². The van der Waals surface area contributed by atoms with Gasteiger partial charge in [-0.2, -0.15) is 0 Å². The van der Waals surface area contributed by atoms with Gasteiger partial charge in [0.15, 0.2) is 0 Å². The first-order valence-corrected chi connectivity index (χ1v) is 6.44. The highest BCUT2D eigenvalue weighted by Gasteiger charge is 2.32. The van der Waals surface area contributed by atoms with Gasteiger partial charge in [0.1, 0.15) is 5.60 Å². The third kappa shape index (κ3) is 4.19. The van der Waals surface area contributed by atoms with Crippen molar-refractivity contribution < 1.29 is 9.53 Å². The van der Waals surface area contributed by atoms with E-state index in [1.807, 2.05) is 27.7 Å². The molecule has 1 saturated heterocycles. The number of rotatable bonds is 1. The van der Waals surface area contributed by atoms with Crippen LogP contribution in [0.5, 0.6) is 0 Å². The molecule has 1 amide bonds. The van der Waals surface area contributed by atoms with Crippen molar-refractivity contribution >= 4 is 6.09 Å². The Morgan fingerprint density at radius 1 is 1.47 bits per heavy atom. The van der Waals surface area contributed by atoms with Gasteiger partial charge < -0.3 is 15.4 Å². The minimum absolute atomic E-state index is 0.121. The third-order valence-electron chi connectivity index (χ3n) is 3.34. The maximum absolute atomic E-state index is 12.0. The Labute approximate surface area is 104 Å². The molecule has 0 spiro atoms. The Kier molecular flexibility index (Phi) is 4.42. The predicted molar refractivity (Wildman–Crippen MR) is 68.7 cm³/mol. The van der Waals surface area contributed by atoms with Gasteiger partial charge in [-0.1, -0.05) is 6.92 Å². The summed E-state index contributed by atoms with van der Waals surface area (Å²) in [4.78, 5) is 13.7. The van der Waals surface area contributed by atoms with Gasteiger partial charge in [-0.05, 0) is 46.0 Å². The van der Waals surface area contributed by atoms with E-state index in [0.717, 1.165) is 13.0 Å². The molecule has 0 bridgehead atoms. The van der Waals surface area contributed by atoms with Crippen LogP contribution in [0.4, 0.5) is 4.79 Å². The number of carbonyl (C=O) groups excluding carboxylic acids is 1. The average molecular weight is 242 g/mol. The summed E-state index contributed by atoms with van der Waals surface area (Å²) in [7, 11) is 0. The number of nitrogens with two attached hydrogens (primary N) is 1. The summed E-state index contributed by atoms with van der Waals surface area (Å²) in [5.74, 6) is 0.949. The number of amides is 1. The smallest absolute Gasteiger partial charge is 0.410 e. The fourth-order valence-corrected chi connectivity index (χ4v) is 2.28. The molecule has 1 rings (SSSR count). The highest BCUT2D eigenvalue weighted by molar-refractivity contribution is 5.68. The molecule has 0 radical (unpaired) electrons. The van der Waals surface area contributed by atoms with Crippen molar-refractivity contribution in [1.29, 1.82) is 0 Å². The maximum Gasteiger partial charge on any atom is 0.410 e. The van der Waals surface area contributed by atoms with E-state index in [2.05, 4.69) is 6.92 Å². The van der Waals surface area contributed by atoms with Crippen LogP contribution in [0.2, 0.25) is 0 Å². The molecule has 0 aromatic carbocycles. The number of piperidine rings is 1. The lowest BCUT2D eigenvalue weighted by molar-refractivity contribution is 0.00976. The molecule has 1 aliphatic heterocycles. The third-order valence-corrected chi connectivity index (χ3v) is 3.34. The number of likely N-dealkylation sites (tertiary alicyclic amines) is 1. The number of ether oxygens (including phenoxy) is 1. The standard InChI is InChI=1S/C13H26N2O2/c1-9-6-7-15(8-11(9)10(2)14)12(16)17-13(3,4)5/h9-11H,6-8,14H2,1-5H3. The summed E-state index contributed by atoms with van der Waals surface area (Å²) in [5.41, 5.74) is 5.54. The van der Waals surface area contributed by atoms with Crippen LogP contribution in [-0.2, 0) is 4.74 Å². The lowest BCUT2D eigenvalue weighted by atomic mass is 9.83. The highest BCUT2D eigenvalue weighted by Crippen LogP contribution is 2.26. The molecule has 0 aliphatic carbocycles. The Hall–Kier alpha value is -0.770. The molecule has 4 heteroatoms. The Bertz CT molecular complexity index is 271. The molecule has 4 nitrogen and oxygen atoms in total. The van der Waals surface area contributed by atoms with Crippen LogP contribution >= 0.6 is 0 Å². The first-order chi connectivity index (χ1) is 7.70. The second kappa shape index (κ2) is 5.25. The van der Waals surface area contributed by atoms with Crippen LogP contribution in [0.1, 0.15) is 41.0 Å². The number of nitrogens with zero attached hydrogens (tertiary/aromatic N) is 1. The van der Waals surface area contributed by atoms with E-state index in [4.69, 9.17) is 10.5 Å². The van der Waals surface area contributed by atoms with Crippen LogP contribution in [0.15, 0.2) is 0 Å². The number of hydrogen-bond acceptors (Lipinski definition) is 3. The van der Waals surface area contributed by atoms with Crippen molar-refractivity contribution in [3.05, 3.63) is 0 Å². The van der Waals surface area contributed by atoms with Crippen LogP contribution in [0.3, 0.4) is 0 Å². The number of hydrogen-bond donors (Lipinski definition) is 1. The molecule has 0 aromatic heterocycles. The second-order valence-corrected chi connectivity index (χ2v) is 6.22. The molecule has 1 aliphatic rings. The fraction of sp³-hybridized carbons (Fsp3) is 0.923. The SMILES string of the molecule is CC(N)C1CN(C(=O)OC(C)(C)C)CCC1C. The van der Waals surface area contributed by atoms with Crippen molar-refractivity contribution in [2.45, 2.75) is 52.7 Å². The largest absolute Gasteiger partial charge is 0.444 e. The van der Waals surface area contributed by atoms with E-state index in [-0.39, 0.29) is 12.1 Å². The maximum atomic E-state index is 12.0. The zero-order valence-corrected chi connectivity index (χ0v) is 11.7. The predicted octanol–water partition coefficient (Wildman–Crippen LogP) is 2.23. The average Bonchev–Trinajstić information content (AvgIpc) is 2.14. The molecule has 0 aromatic rings. The second-order valence-electron chi connectivity index (χ2n) is 6.22. The topological polar surface area (TPSA) is 55.6 Å². The van der Waals surface area contributed by atoms with E-state index >= 15 is 0 Å². The van der Waals surface area contributed by atoms with Crippen molar-refractivity contribution in [1.82, 2.24) is 4.90 Å². The van der Waals surface area contributed by atoms with Crippen LogP contribution in [0, 0.1) is 11.8 Å². The van der Waals surface area contributed by atoms with Crippen molar-refractivity contribution in [3.63, 3.8) is 0 Å². The van der Waals surface area contributed by atoms with Gasteiger partial charge in [0, 0.05) is 19.1 Å². The molecular weight excluding hydrogens is 216 g/mol. The Morgan fingerprint density at radius 3 is 2.53 bits per heavy atom. The summed E-state index contributed by atoms with van der Waals surface area (Å²) in [5, 5.41) is 0. The van der Waals surface area contributed by atoms with Crippen molar-refractivity contribution in [2.24, 2.45) is 17.6 Å². The van der Waals surface area contributed by atoms with Gasteiger partial charge in [-0.3, -0.25) is 0 Å². The summed E-state index contributed by atoms with van der Waals surface area (Å²) in [6.45, 7) is 11.4. The van der Waals surface area contributed by atoms with Gasteiger partial charge in [-0.15, -0.1) is 0 Å². The molecule has 0 saturated carbocycles. The minimum Gasteiger partial charge on any atom is -0.444 e. The van der Waals surface area contributed by atoms with Crippen molar-refractivity contribution in [3.8, 4) is 0 Å². The summed E-state index contributed by atoms with van der Waals surface area (Å²) in [6, 6.07) is 0.121. The monoisotopic (exact) mass is 242 g/mol. The quantitative estimate of drug-likeness (QED) is 0.767. The Morgan fingerprint density at radius 2 is 2.06 bits per heavy atom. The fourth-order valence-electron chi connectivity index (χ4n) is 2.28. The van der Waals surface area contributed by atoms with Crippen molar-refractivity contribution in [2.75, 3.05) is 13.1 Å². The van der Waals surface area contributed by atoms with E-state index in [9.17, 15) is 4.79 Å². The van der Waals surface area contributed by atoms with E-state index in [1.165, 1.54) is 0 Å². The van der Waals surface area contributed by atoms with E-state index in [0.29, 0.717) is 18.4 Å². The summed E-state index contributed by atoms with van der Waals surface area (Å²) < 4.78 is 5.39. The molecule has 1 fully saturated rings. The minimum atomic E-state index is -0.427. The van der Waals surface area contributed by atoms with Crippen LogP contribution in [-0.4, -0.2) is 35.7 Å². The zero-order valence-electron chi connectivity index (χ0n) is 11.7.